The van der Waals surface area contributed by atoms with E-state index in [0.717, 1.165) is 25.9 Å². The van der Waals surface area contributed by atoms with Crippen molar-refractivity contribution < 1.29 is 28.7 Å². The molecule has 0 bridgehead atoms. The Morgan fingerprint density at radius 2 is 1.92 bits per heavy atom. The minimum atomic E-state index is -0.117. The number of nitrogens with one attached hydrogen (secondary N) is 2. The summed E-state index contributed by atoms with van der Waals surface area (Å²) in [4.78, 5) is 25.2. The first-order valence-electron chi connectivity index (χ1n) is 8.59. The number of hydrogen-bond donors (Lipinski definition) is 2. The Morgan fingerprint density at radius 1 is 1.20 bits per heavy atom. The largest absolute Gasteiger partial charge is 0.497 e. The van der Waals surface area contributed by atoms with Crippen molar-refractivity contribution in [1.29, 1.82) is 0 Å². The molecule has 1 fully saturated rings. The molecule has 0 unspecified atom stereocenters. The SMILES string of the molecule is CCOC(=O)C1CC[NH+](CC(=O)Nc2ccc(OC)cc2OC)CC1. The van der Waals surface area contributed by atoms with E-state index in [0.29, 0.717) is 30.3 Å². The van der Waals surface area contributed by atoms with Crippen LogP contribution in [0.5, 0.6) is 11.5 Å². The van der Waals surface area contributed by atoms with E-state index in [1.165, 1.54) is 4.90 Å². The normalized spacial score (nSPS) is 19.8. The Bertz CT molecular complexity index is 597. The van der Waals surface area contributed by atoms with E-state index >= 15 is 0 Å². The summed E-state index contributed by atoms with van der Waals surface area (Å²) >= 11 is 0. The molecular weight excluding hydrogens is 324 g/mol. The van der Waals surface area contributed by atoms with Crippen LogP contribution in [0.2, 0.25) is 0 Å². The van der Waals surface area contributed by atoms with Gasteiger partial charge in [-0.1, -0.05) is 0 Å². The van der Waals surface area contributed by atoms with Gasteiger partial charge >= 0.3 is 5.97 Å². The molecule has 138 valence electrons. The molecule has 1 aromatic rings. The first-order valence-corrected chi connectivity index (χ1v) is 8.59. The molecular formula is C18H27N2O5+. The molecule has 1 saturated heterocycles. The standard InChI is InChI=1S/C18H26N2O5/c1-4-25-18(22)13-7-9-20(10-8-13)12-17(21)19-15-6-5-14(23-2)11-16(15)24-3/h5-6,11,13H,4,7-10,12H2,1-3H3,(H,19,21)/p+1. The van der Waals surface area contributed by atoms with Gasteiger partial charge in [-0.25, -0.2) is 0 Å². The average molecular weight is 351 g/mol. The first-order chi connectivity index (χ1) is 12.1. The van der Waals surface area contributed by atoms with Gasteiger partial charge in [0, 0.05) is 18.9 Å². The van der Waals surface area contributed by atoms with Gasteiger partial charge in [-0.2, -0.15) is 0 Å². The maximum absolute atomic E-state index is 12.3. The lowest BCUT2D eigenvalue weighted by Gasteiger charge is -2.27. The topological polar surface area (TPSA) is 78.3 Å². The van der Waals surface area contributed by atoms with Gasteiger partial charge in [0.25, 0.3) is 5.91 Å². The minimum absolute atomic E-state index is 0.0338. The van der Waals surface area contributed by atoms with E-state index in [2.05, 4.69) is 5.32 Å². The van der Waals surface area contributed by atoms with Crippen LogP contribution in [0.15, 0.2) is 18.2 Å². The monoisotopic (exact) mass is 351 g/mol. The zero-order valence-corrected chi connectivity index (χ0v) is 15.1. The smallest absolute Gasteiger partial charge is 0.309 e. The number of benzene rings is 1. The van der Waals surface area contributed by atoms with Crippen LogP contribution in [0.4, 0.5) is 5.69 Å². The molecule has 0 radical (unpaired) electrons. The molecule has 1 aromatic carbocycles. The molecule has 0 spiro atoms. The molecule has 25 heavy (non-hydrogen) atoms. The van der Waals surface area contributed by atoms with Crippen LogP contribution >= 0.6 is 0 Å². The molecule has 1 aliphatic heterocycles. The fourth-order valence-corrected chi connectivity index (χ4v) is 3.02. The number of esters is 1. The van der Waals surface area contributed by atoms with Crippen LogP contribution in [0.1, 0.15) is 19.8 Å². The van der Waals surface area contributed by atoms with Crippen LogP contribution in [0.3, 0.4) is 0 Å². The highest BCUT2D eigenvalue weighted by atomic mass is 16.5. The van der Waals surface area contributed by atoms with Gasteiger partial charge in [-0.15, -0.1) is 0 Å². The van der Waals surface area contributed by atoms with E-state index in [9.17, 15) is 9.59 Å². The van der Waals surface area contributed by atoms with Crippen LogP contribution in [-0.2, 0) is 14.3 Å². The molecule has 0 aliphatic carbocycles. The fraction of sp³-hybridized carbons (Fsp3) is 0.556. The second-order valence-electron chi connectivity index (χ2n) is 6.07. The second-order valence-corrected chi connectivity index (χ2v) is 6.07. The highest BCUT2D eigenvalue weighted by Gasteiger charge is 2.29. The van der Waals surface area contributed by atoms with Crippen LogP contribution < -0.4 is 19.7 Å². The predicted molar refractivity (Wildman–Crippen MR) is 93.1 cm³/mol. The van der Waals surface area contributed by atoms with Crippen molar-refractivity contribution in [1.82, 2.24) is 0 Å². The number of amides is 1. The Labute approximate surface area is 148 Å². The van der Waals surface area contributed by atoms with Crippen LogP contribution in [-0.4, -0.2) is 52.3 Å². The lowest BCUT2D eigenvalue weighted by molar-refractivity contribution is -0.897. The maximum Gasteiger partial charge on any atom is 0.309 e. The summed E-state index contributed by atoms with van der Waals surface area (Å²) in [5.41, 5.74) is 0.620. The highest BCUT2D eigenvalue weighted by Crippen LogP contribution is 2.28. The van der Waals surface area contributed by atoms with Crippen molar-refractivity contribution in [3.8, 4) is 11.5 Å². The Balaban J connectivity index is 1.84. The molecule has 1 aliphatic rings. The highest BCUT2D eigenvalue weighted by molar-refractivity contribution is 5.93. The van der Waals surface area contributed by atoms with Crippen molar-refractivity contribution in [2.24, 2.45) is 5.92 Å². The third-order valence-electron chi connectivity index (χ3n) is 4.41. The summed E-state index contributed by atoms with van der Waals surface area (Å²) in [5, 5.41) is 2.88. The third-order valence-corrected chi connectivity index (χ3v) is 4.41. The van der Waals surface area contributed by atoms with E-state index in [4.69, 9.17) is 14.2 Å². The molecule has 0 aromatic heterocycles. The van der Waals surface area contributed by atoms with Gasteiger partial charge in [0.1, 0.15) is 11.5 Å². The fourth-order valence-electron chi connectivity index (χ4n) is 3.02. The van der Waals surface area contributed by atoms with Gasteiger partial charge in [0.05, 0.1) is 45.5 Å². The van der Waals surface area contributed by atoms with Crippen LogP contribution in [0, 0.1) is 5.92 Å². The molecule has 1 heterocycles. The minimum Gasteiger partial charge on any atom is -0.497 e. The number of quaternary nitrogens is 1. The molecule has 7 heteroatoms. The number of carbonyl (C=O) groups is 2. The summed E-state index contributed by atoms with van der Waals surface area (Å²) in [5.74, 6) is 1.00. The molecule has 2 N–H and O–H groups in total. The number of hydrogen-bond acceptors (Lipinski definition) is 5. The van der Waals surface area contributed by atoms with Gasteiger partial charge < -0.3 is 24.4 Å². The number of methoxy groups -OCH3 is 2. The Morgan fingerprint density at radius 3 is 2.52 bits per heavy atom. The average Bonchev–Trinajstić information content (AvgIpc) is 2.62. The number of rotatable bonds is 7. The maximum atomic E-state index is 12.3. The van der Waals surface area contributed by atoms with Crippen molar-refractivity contribution in [3.05, 3.63) is 18.2 Å². The van der Waals surface area contributed by atoms with Gasteiger partial charge in [-0.05, 0) is 19.1 Å². The lowest BCUT2D eigenvalue weighted by Crippen LogP contribution is -3.14. The molecule has 0 atom stereocenters. The molecule has 7 nitrogen and oxygen atoms in total. The van der Waals surface area contributed by atoms with Crippen molar-refractivity contribution in [2.75, 3.05) is 45.8 Å². The number of likely N-dealkylation sites (tertiary alicyclic amines) is 1. The van der Waals surface area contributed by atoms with E-state index in [1.54, 1.807) is 32.4 Å². The van der Waals surface area contributed by atoms with Crippen molar-refractivity contribution in [3.63, 3.8) is 0 Å². The predicted octanol–water partition coefficient (Wildman–Crippen LogP) is 0.500. The third kappa shape index (κ3) is 5.35. The van der Waals surface area contributed by atoms with E-state index in [1.807, 2.05) is 6.92 Å². The van der Waals surface area contributed by atoms with Crippen molar-refractivity contribution >= 4 is 17.6 Å². The second kappa shape index (κ2) is 9.27. The summed E-state index contributed by atoms with van der Waals surface area (Å²) in [7, 11) is 3.13. The summed E-state index contributed by atoms with van der Waals surface area (Å²) in [6, 6.07) is 5.26. The van der Waals surface area contributed by atoms with E-state index in [-0.39, 0.29) is 17.8 Å². The summed E-state index contributed by atoms with van der Waals surface area (Å²) < 4.78 is 15.5. The first kappa shape index (κ1) is 19.1. The molecule has 0 saturated carbocycles. The van der Waals surface area contributed by atoms with Gasteiger partial charge in [-0.3, -0.25) is 9.59 Å². The summed E-state index contributed by atoms with van der Waals surface area (Å²) in [6.07, 6.45) is 1.51. The zero-order valence-electron chi connectivity index (χ0n) is 15.1. The number of piperidine rings is 1. The van der Waals surface area contributed by atoms with Crippen molar-refractivity contribution in [2.45, 2.75) is 19.8 Å². The summed E-state index contributed by atoms with van der Waals surface area (Å²) in [6.45, 7) is 4.17. The number of anilines is 1. The van der Waals surface area contributed by atoms with E-state index < -0.39 is 0 Å². The zero-order chi connectivity index (χ0) is 18.2. The lowest BCUT2D eigenvalue weighted by atomic mass is 9.97. The Kier molecular flexibility index (Phi) is 7.06. The quantitative estimate of drug-likeness (QED) is 0.700. The molecule has 2 rings (SSSR count). The Hall–Kier alpha value is -2.28. The molecule has 1 amide bonds. The van der Waals surface area contributed by atoms with Crippen LogP contribution in [0.25, 0.3) is 0 Å². The van der Waals surface area contributed by atoms with Gasteiger partial charge in [0.15, 0.2) is 6.54 Å². The number of ether oxygens (including phenoxy) is 3. The number of carbonyl (C=O) groups excluding carboxylic acids is 2. The van der Waals surface area contributed by atoms with Gasteiger partial charge in [0.2, 0.25) is 0 Å².